The van der Waals surface area contributed by atoms with Gasteiger partial charge in [0.2, 0.25) is 0 Å². The lowest BCUT2D eigenvalue weighted by Gasteiger charge is -2.03. The highest BCUT2D eigenvalue weighted by Crippen LogP contribution is 2.31. The number of halogens is 4. The molecule has 0 aliphatic heterocycles. The van der Waals surface area contributed by atoms with E-state index in [-0.39, 0.29) is 21.5 Å². The second-order valence-electron chi connectivity index (χ2n) is 5.68. The van der Waals surface area contributed by atoms with Gasteiger partial charge in [-0.05, 0) is 48.5 Å². The molecule has 8 heteroatoms. The van der Waals surface area contributed by atoms with Crippen LogP contribution < -0.4 is 0 Å². The highest BCUT2D eigenvalue weighted by molar-refractivity contribution is 6.36. The quantitative estimate of drug-likeness (QED) is 0.409. The summed E-state index contributed by atoms with van der Waals surface area (Å²) in [6, 6.07) is 13.0. The molecule has 0 amide bonds. The molecule has 3 aromatic carbocycles. The van der Waals surface area contributed by atoms with Crippen LogP contribution in [-0.4, -0.2) is 22.6 Å². The van der Waals surface area contributed by atoms with E-state index in [1.165, 1.54) is 24.6 Å². The molecule has 0 aliphatic carbocycles. The number of hydrogen-bond acceptors (Lipinski definition) is 4. The number of phenolic OH excluding ortho intramolecular Hbond substituents is 2. The van der Waals surface area contributed by atoms with Gasteiger partial charge in [0.25, 0.3) is 0 Å². The molecular formula is C20H12Cl4N2O2. The molecule has 2 N–H and O–H groups in total. The van der Waals surface area contributed by atoms with E-state index >= 15 is 0 Å². The summed E-state index contributed by atoms with van der Waals surface area (Å²) in [7, 11) is 0. The summed E-state index contributed by atoms with van der Waals surface area (Å²) >= 11 is 23.6. The maximum absolute atomic E-state index is 9.94. The SMILES string of the molecule is Oc1c(Cl)cc(Cl)cc1C=Nc1ccc(N=Cc2cc(Cl)cc(Cl)c2O)cc1. The van der Waals surface area contributed by atoms with Gasteiger partial charge in [0, 0.05) is 33.6 Å². The van der Waals surface area contributed by atoms with Crippen molar-refractivity contribution >= 4 is 70.2 Å². The van der Waals surface area contributed by atoms with Gasteiger partial charge >= 0.3 is 0 Å². The molecule has 0 heterocycles. The standard InChI is InChI=1S/C20H12Cl4N2O2/c21-13-5-11(19(27)17(23)7-13)9-25-15-1-2-16(4-3-15)26-10-12-6-14(22)8-18(24)20(12)28/h1-10,27-28H. The molecule has 3 aromatic rings. The number of rotatable bonds is 4. The maximum atomic E-state index is 9.94. The Morgan fingerprint density at radius 1 is 0.607 bits per heavy atom. The van der Waals surface area contributed by atoms with Crippen LogP contribution in [0.1, 0.15) is 11.1 Å². The third-order valence-electron chi connectivity index (χ3n) is 3.67. The molecule has 28 heavy (non-hydrogen) atoms. The average Bonchev–Trinajstić information content (AvgIpc) is 2.66. The molecule has 3 rings (SSSR count). The monoisotopic (exact) mass is 452 g/mol. The molecular weight excluding hydrogens is 442 g/mol. The zero-order chi connectivity index (χ0) is 20.3. The van der Waals surface area contributed by atoms with Crippen LogP contribution in [0.2, 0.25) is 20.1 Å². The van der Waals surface area contributed by atoms with Crippen molar-refractivity contribution in [2.75, 3.05) is 0 Å². The predicted octanol–water partition coefficient (Wildman–Crippen LogP) is 7.21. The van der Waals surface area contributed by atoms with Gasteiger partial charge in [-0.2, -0.15) is 0 Å². The number of aromatic hydroxyl groups is 2. The van der Waals surface area contributed by atoms with Gasteiger partial charge in [0.15, 0.2) is 0 Å². The largest absolute Gasteiger partial charge is 0.506 e. The Hall–Kier alpha value is -2.24. The van der Waals surface area contributed by atoms with E-state index < -0.39 is 0 Å². The third-order valence-corrected chi connectivity index (χ3v) is 4.68. The third kappa shape index (κ3) is 4.97. The fourth-order valence-electron chi connectivity index (χ4n) is 2.28. The summed E-state index contributed by atoms with van der Waals surface area (Å²) in [4.78, 5) is 8.57. The van der Waals surface area contributed by atoms with Gasteiger partial charge in [-0.15, -0.1) is 0 Å². The molecule has 0 atom stereocenters. The van der Waals surface area contributed by atoms with Crippen LogP contribution in [0.25, 0.3) is 0 Å². The Labute approximate surface area is 181 Å². The lowest BCUT2D eigenvalue weighted by molar-refractivity contribution is 0.474. The summed E-state index contributed by atoms with van der Waals surface area (Å²) < 4.78 is 0. The van der Waals surface area contributed by atoms with E-state index in [9.17, 15) is 10.2 Å². The van der Waals surface area contributed by atoms with Crippen molar-refractivity contribution < 1.29 is 10.2 Å². The van der Waals surface area contributed by atoms with E-state index in [2.05, 4.69) is 9.98 Å². The van der Waals surface area contributed by atoms with Crippen molar-refractivity contribution in [2.24, 2.45) is 9.98 Å². The van der Waals surface area contributed by atoms with Crippen molar-refractivity contribution in [3.05, 3.63) is 79.7 Å². The summed E-state index contributed by atoms with van der Waals surface area (Å²) in [5.74, 6) is -0.174. The molecule has 0 radical (unpaired) electrons. The average molecular weight is 454 g/mol. The molecule has 0 bridgehead atoms. The van der Waals surface area contributed by atoms with E-state index in [1.807, 2.05) is 0 Å². The molecule has 0 aliphatic rings. The van der Waals surface area contributed by atoms with Crippen molar-refractivity contribution in [1.82, 2.24) is 0 Å². The summed E-state index contributed by atoms with van der Waals surface area (Å²) in [6.07, 6.45) is 2.94. The van der Waals surface area contributed by atoms with Crippen LogP contribution >= 0.6 is 46.4 Å². The Balaban J connectivity index is 1.77. The minimum atomic E-state index is -0.0870. The minimum Gasteiger partial charge on any atom is -0.506 e. The van der Waals surface area contributed by atoms with Crippen LogP contribution in [0, 0.1) is 0 Å². The zero-order valence-electron chi connectivity index (χ0n) is 14.1. The molecule has 0 unspecified atom stereocenters. The van der Waals surface area contributed by atoms with E-state index in [4.69, 9.17) is 46.4 Å². The smallest absolute Gasteiger partial charge is 0.143 e. The fraction of sp³-hybridized carbons (Fsp3) is 0. The number of aliphatic imine (C=N–C) groups is 2. The minimum absolute atomic E-state index is 0.0870. The van der Waals surface area contributed by atoms with Crippen LogP contribution in [0.3, 0.4) is 0 Å². The van der Waals surface area contributed by atoms with Crippen LogP contribution in [0.15, 0.2) is 58.5 Å². The topological polar surface area (TPSA) is 65.2 Å². The van der Waals surface area contributed by atoms with Crippen molar-refractivity contribution in [2.45, 2.75) is 0 Å². The number of phenols is 2. The van der Waals surface area contributed by atoms with E-state index in [1.54, 1.807) is 36.4 Å². The predicted molar refractivity (Wildman–Crippen MR) is 117 cm³/mol. The van der Waals surface area contributed by atoms with Gasteiger partial charge in [-0.3, -0.25) is 9.98 Å². The van der Waals surface area contributed by atoms with Gasteiger partial charge in [-0.25, -0.2) is 0 Å². The molecule has 4 nitrogen and oxygen atoms in total. The summed E-state index contributed by atoms with van der Waals surface area (Å²) in [6.45, 7) is 0. The lowest BCUT2D eigenvalue weighted by atomic mass is 10.2. The highest BCUT2D eigenvalue weighted by atomic mass is 35.5. The van der Waals surface area contributed by atoms with Crippen molar-refractivity contribution in [1.29, 1.82) is 0 Å². The first-order valence-electron chi connectivity index (χ1n) is 7.87. The van der Waals surface area contributed by atoms with E-state index in [0.717, 1.165) is 0 Å². The normalized spacial score (nSPS) is 11.6. The molecule has 0 saturated heterocycles. The summed E-state index contributed by atoms with van der Waals surface area (Å²) in [5.41, 5.74) is 2.10. The van der Waals surface area contributed by atoms with Gasteiger partial charge in [-0.1, -0.05) is 46.4 Å². The number of hydrogen-bond donors (Lipinski definition) is 2. The Morgan fingerprint density at radius 3 is 1.32 bits per heavy atom. The first kappa shape index (κ1) is 20.5. The van der Waals surface area contributed by atoms with Crippen LogP contribution in [0.4, 0.5) is 11.4 Å². The molecule has 0 spiro atoms. The molecule has 0 saturated carbocycles. The van der Waals surface area contributed by atoms with Gasteiger partial charge in [0.1, 0.15) is 11.5 Å². The molecule has 0 aromatic heterocycles. The molecule has 142 valence electrons. The second-order valence-corrected chi connectivity index (χ2v) is 7.37. The lowest BCUT2D eigenvalue weighted by Crippen LogP contribution is -1.84. The Bertz CT molecular complexity index is 994. The van der Waals surface area contributed by atoms with Crippen LogP contribution in [0.5, 0.6) is 11.5 Å². The highest BCUT2D eigenvalue weighted by Gasteiger charge is 2.07. The van der Waals surface area contributed by atoms with E-state index in [0.29, 0.717) is 32.5 Å². The first-order chi connectivity index (χ1) is 13.3. The van der Waals surface area contributed by atoms with Crippen LogP contribution in [-0.2, 0) is 0 Å². The Kier molecular flexibility index (Phi) is 6.47. The van der Waals surface area contributed by atoms with Gasteiger partial charge in [0.05, 0.1) is 21.4 Å². The fourth-order valence-corrected chi connectivity index (χ4v) is 3.30. The Morgan fingerprint density at radius 2 is 0.964 bits per heavy atom. The maximum Gasteiger partial charge on any atom is 0.143 e. The summed E-state index contributed by atoms with van der Waals surface area (Å²) in [5, 5.41) is 21.0. The van der Waals surface area contributed by atoms with Crippen molar-refractivity contribution in [3.63, 3.8) is 0 Å². The zero-order valence-corrected chi connectivity index (χ0v) is 17.1. The van der Waals surface area contributed by atoms with Crippen molar-refractivity contribution in [3.8, 4) is 11.5 Å². The van der Waals surface area contributed by atoms with Gasteiger partial charge < -0.3 is 10.2 Å². The second kappa shape index (κ2) is 8.84. The first-order valence-corrected chi connectivity index (χ1v) is 9.39. The molecule has 0 fully saturated rings. The number of nitrogens with zero attached hydrogens (tertiary/aromatic N) is 2. The number of benzene rings is 3.